The van der Waals surface area contributed by atoms with E-state index in [1.807, 2.05) is 32.0 Å². The summed E-state index contributed by atoms with van der Waals surface area (Å²) in [6.07, 6.45) is 1.31. The summed E-state index contributed by atoms with van der Waals surface area (Å²) in [7, 11) is 0. The number of esters is 1. The molecule has 0 saturated carbocycles. The maximum absolute atomic E-state index is 12.5. The van der Waals surface area contributed by atoms with Crippen LogP contribution in [-0.2, 0) is 20.9 Å². The van der Waals surface area contributed by atoms with Crippen molar-refractivity contribution in [1.82, 2.24) is 9.55 Å². The fourth-order valence-corrected chi connectivity index (χ4v) is 2.61. The van der Waals surface area contributed by atoms with Crippen molar-refractivity contribution in [3.05, 3.63) is 70.3 Å². The van der Waals surface area contributed by atoms with Gasteiger partial charge in [0.25, 0.3) is 11.5 Å². The molecule has 0 saturated heterocycles. The highest BCUT2D eigenvalue weighted by Gasteiger charge is 2.12. The minimum Gasteiger partial charge on any atom is -0.454 e. The van der Waals surface area contributed by atoms with Crippen LogP contribution in [0, 0.1) is 13.8 Å². The summed E-state index contributed by atoms with van der Waals surface area (Å²) >= 11 is 0. The van der Waals surface area contributed by atoms with E-state index in [2.05, 4.69) is 10.3 Å². The fraction of sp³-hybridized carbons (Fsp3) is 0.200. The number of nitrogens with zero attached hydrogens (tertiary/aromatic N) is 2. The second-order valence-corrected chi connectivity index (χ2v) is 6.22. The Bertz CT molecular complexity index is 1060. The summed E-state index contributed by atoms with van der Waals surface area (Å²) < 4.78 is 6.12. The molecular weight excluding hydrogens is 346 g/mol. The molecule has 0 spiro atoms. The van der Waals surface area contributed by atoms with Gasteiger partial charge in [-0.15, -0.1) is 0 Å². The summed E-state index contributed by atoms with van der Waals surface area (Å²) in [5, 5.41) is 3.07. The lowest BCUT2D eigenvalue weighted by atomic mass is 10.1. The Balaban J connectivity index is 1.60. The number of carbonyl (C=O) groups excluding carboxylic acids is 2. The molecule has 0 aliphatic heterocycles. The second kappa shape index (κ2) is 7.82. The zero-order valence-corrected chi connectivity index (χ0v) is 15.1. The first kappa shape index (κ1) is 18.3. The van der Waals surface area contributed by atoms with Gasteiger partial charge in [0.1, 0.15) is 6.54 Å². The molecular formula is C20H19N3O4. The van der Waals surface area contributed by atoms with Gasteiger partial charge in [0.15, 0.2) is 6.61 Å². The first-order valence-electron chi connectivity index (χ1n) is 8.41. The van der Waals surface area contributed by atoms with Crippen molar-refractivity contribution in [3.63, 3.8) is 0 Å². The van der Waals surface area contributed by atoms with Gasteiger partial charge >= 0.3 is 5.97 Å². The average Bonchev–Trinajstić information content (AvgIpc) is 2.65. The molecule has 0 radical (unpaired) electrons. The number of hydrogen-bond acceptors (Lipinski definition) is 5. The number of anilines is 1. The summed E-state index contributed by atoms with van der Waals surface area (Å²) in [6.45, 7) is 3.06. The van der Waals surface area contributed by atoms with Crippen LogP contribution in [0.1, 0.15) is 11.1 Å². The molecule has 7 nitrogen and oxygen atoms in total. The number of ether oxygens (including phenoxy) is 1. The summed E-state index contributed by atoms with van der Waals surface area (Å²) in [5.74, 6) is -1.14. The number of para-hydroxylation sites is 1. The van der Waals surface area contributed by atoms with Crippen molar-refractivity contribution in [2.45, 2.75) is 20.4 Å². The third-order valence-electron chi connectivity index (χ3n) is 4.05. The lowest BCUT2D eigenvalue weighted by molar-refractivity contribution is -0.147. The molecule has 3 rings (SSSR count). The summed E-state index contributed by atoms with van der Waals surface area (Å²) in [6, 6.07) is 12.5. The number of rotatable bonds is 5. The van der Waals surface area contributed by atoms with Crippen molar-refractivity contribution in [2.75, 3.05) is 11.9 Å². The zero-order chi connectivity index (χ0) is 19.4. The Labute approximate surface area is 155 Å². The molecule has 1 N–H and O–H groups in total. The van der Waals surface area contributed by atoms with Crippen LogP contribution >= 0.6 is 0 Å². The molecule has 1 heterocycles. The van der Waals surface area contributed by atoms with Crippen molar-refractivity contribution in [1.29, 1.82) is 0 Å². The summed E-state index contributed by atoms with van der Waals surface area (Å²) in [5.41, 5.74) is 2.84. The molecule has 3 aromatic rings. The Morgan fingerprint density at radius 2 is 1.85 bits per heavy atom. The molecule has 0 fully saturated rings. The highest BCUT2D eigenvalue weighted by molar-refractivity contribution is 5.92. The molecule has 1 aromatic heterocycles. The van der Waals surface area contributed by atoms with E-state index >= 15 is 0 Å². The maximum Gasteiger partial charge on any atom is 0.326 e. The van der Waals surface area contributed by atoms with E-state index in [-0.39, 0.29) is 12.1 Å². The average molecular weight is 365 g/mol. The second-order valence-electron chi connectivity index (χ2n) is 6.22. The lowest BCUT2D eigenvalue weighted by Crippen LogP contribution is -2.28. The number of aromatic nitrogens is 2. The zero-order valence-electron chi connectivity index (χ0n) is 15.1. The predicted molar refractivity (Wildman–Crippen MR) is 102 cm³/mol. The molecule has 7 heteroatoms. The fourth-order valence-electron chi connectivity index (χ4n) is 2.61. The molecule has 0 bridgehead atoms. The Morgan fingerprint density at radius 1 is 1.11 bits per heavy atom. The predicted octanol–water partition coefficient (Wildman–Crippen LogP) is 2.20. The molecule has 0 aliphatic rings. The highest BCUT2D eigenvalue weighted by Crippen LogP contribution is 2.11. The lowest BCUT2D eigenvalue weighted by Gasteiger charge is -2.09. The summed E-state index contributed by atoms with van der Waals surface area (Å²) in [4.78, 5) is 40.5. The molecule has 1 amide bonds. The number of carbonyl (C=O) groups is 2. The number of nitrogens with one attached hydrogen (secondary N) is 1. The Hall–Kier alpha value is -3.48. The third-order valence-corrected chi connectivity index (χ3v) is 4.05. The molecule has 27 heavy (non-hydrogen) atoms. The Morgan fingerprint density at radius 3 is 2.59 bits per heavy atom. The van der Waals surface area contributed by atoms with Crippen LogP contribution < -0.4 is 10.9 Å². The van der Waals surface area contributed by atoms with E-state index in [0.29, 0.717) is 16.6 Å². The van der Waals surface area contributed by atoms with Crippen LogP contribution in [0.4, 0.5) is 5.69 Å². The van der Waals surface area contributed by atoms with Gasteiger partial charge in [-0.2, -0.15) is 0 Å². The smallest absolute Gasteiger partial charge is 0.326 e. The normalized spacial score (nSPS) is 10.6. The monoisotopic (exact) mass is 365 g/mol. The minimum atomic E-state index is -0.690. The van der Waals surface area contributed by atoms with Gasteiger partial charge in [0, 0.05) is 5.69 Å². The quantitative estimate of drug-likeness (QED) is 0.700. The third kappa shape index (κ3) is 4.38. The van der Waals surface area contributed by atoms with Crippen LogP contribution in [0.15, 0.2) is 53.6 Å². The molecule has 138 valence electrons. The van der Waals surface area contributed by atoms with Gasteiger partial charge in [0.05, 0.1) is 17.2 Å². The van der Waals surface area contributed by atoms with E-state index in [1.165, 1.54) is 10.9 Å². The van der Waals surface area contributed by atoms with Gasteiger partial charge in [-0.05, 0) is 37.6 Å². The van der Waals surface area contributed by atoms with Gasteiger partial charge in [0.2, 0.25) is 0 Å². The van der Waals surface area contributed by atoms with E-state index in [1.54, 1.807) is 24.3 Å². The van der Waals surface area contributed by atoms with Gasteiger partial charge in [-0.1, -0.05) is 29.8 Å². The standard InChI is InChI=1S/C20H19N3O4/c1-13-6-8-15(9-7-13)22-17(24)11-27-18(25)10-23-12-21-19-14(2)4-3-5-16(19)20(23)26/h3-9,12H,10-11H2,1-2H3,(H,22,24). The first-order valence-corrected chi connectivity index (χ1v) is 8.41. The van der Waals surface area contributed by atoms with Crippen LogP contribution in [-0.4, -0.2) is 28.0 Å². The molecule has 0 aliphatic carbocycles. The maximum atomic E-state index is 12.5. The van der Waals surface area contributed by atoms with Gasteiger partial charge in [-0.3, -0.25) is 19.0 Å². The molecule has 0 unspecified atom stereocenters. The number of hydrogen-bond donors (Lipinski definition) is 1. The minimum absolute atomic E-state index is 0.312. The largest absolute Gasteiger partial charge is 0.454 e. The topological polar surface area (TPSA) is 90.3 Å². The molecule has 0 atom stereocenters. The van der Waals surface area contributed by atoms with Crippen molar-refractivity contribution in [3.8, 4) is 0 Å². The van der Waals surface area contributed by atoms with Crippen molar-refractivity contribution in [2.24, 2.45) is 0 Å². The van der Waals surface area contributed by atoms with Crippen molar-refractivity contribution < 1.29 is 14.3 Å². The first-order chi connectivity index (χ1) is 12.9. The SMILES string of the molecule is Cc1ccc(NC(=O)COC(=O)Cn2cnc3c(C)cccc3c2=O)cc1. The van der Waals surface area contributed by atoms with E-state index in [9.17, 15) is 14.4 Å². The van der Waals surface area contributed by atoms with E-state index in [4.69, 9.17) is 4.74 Å². The number of aryl methyl sites for hydroxylation is 2. The van der Waals surface area contributed by atoms with Gasteiger partial charge < -0.3 is 10.1 Å². The Kier molecular flexibility index (Phi) is 5.30. The van der Waals surface area contributed by atoms with Crippen LogP contribution in [0.2, 0.25) is 0 Å². The highest BCUT2D eigenvalue weighted by atomic mass is 16.5. The number of benzene rings is 2. The van der Waals surface area contributed by atoms with E-state index < -0.39 is 18.5 Å². The van der Waals surface area contributed by atoms with E-state index in [0.717, 1.165) is 11.1 Å². The van der Waals surface area contributed by atoms with Crippen LogP contribution in [0.3, 0.4) is 0 Å². The number of amides is 1. The molecule has 2 aromatic carbocycles. The van der Waals surface area contributed by atoms with Gasteiger partial charge in [-0.25, -0.2) is 4.98 Å². The number of fused-ring (bicyclic) bond motifs is 1. The van der Waals surface area contributed by atoms with Crippen molar-refractivity contribution >= 4 is 28.5 Å². The van der Waals surface area contributed by atoms with Crippen LogP contribution in [0.25, 0.3) is 10.9 Å². The van der Waals surface area contributed by atoms with Crippen LogP contribution in [0.5, 0.6) is 0 Å².